The number of hydrogen-bond donors (Lipinski definition) is 1. The molecule has 0 radical (unpaired) electrons. The minimum absolute atomic E-state index is 0.410. The average molecular weight is 288 g/mol. The van der Waals surface area contributed by atoms with Crippen molar-refractivity contribution in [3.05, 3.63) is 34.3 Å². The van der Waals surface area contributed by atoms with E-state index in [9.17, 15) is 4.79 Å². The molecule has 1 heterocycles. The number of benzene rings is 1. The number of amides is 1. The zero-order chi connectivity index (χ0) is 11.8. The van der Waals surface area contributed by atoms with Crippen LogP contribution in [0, 0.1) is 0 Å². The zero-order valence-electron chi connectivity index (χ0n) is 8.82. The van der Waals surface area contributed by atoms with E-state index in [-0.39, 0.29) is 0 Å². The van der Waals surface area contributed by atoms with E-state index in [0.29, 0.717) is 5.56 Å². The number of primary amides is 1. The predicted molar refractivity (Wildman–Crippen MR) is 63.8 cm³/mol. The molecule has 1 aliphatic heterocycles. The number of hydrogen-bond acceptors (Lipinski definition) is 3. The summed E-state index contributed by atoms with van der Waals surface area (Å²) in [6, 6.07) is 7.05. The van der Waals surface area contributed by atoms with Crippen LogP contribution in [0.3, 0.4) is 0 Å². The maximum Gasteiger partial charge on any atom is 0.249 e. The van der Waals surface area contributed by atoms with E-state index in [1.165, 1.54) is 0 Å². The fourth-order valence-corrected chi connectivity index (χ4v) is 1.58. The molecular weight excluding hydrogens is 274 g/mol. The molecule has 5 heteroatoms. The fourth-order valence-electron chi connectivity index (χ4n) is 1.10. The van der Waals surface area contributed by atoms with Gasteiger partial charge in [0.15, 0.2) is 0 Å². The molecule has 1 saturated heterocycles. The van der Waals surface area contributed by atoms with Gasteiger partial charge in [-0.25, -0.2) is 9.78 Å². The number of rotatable bonds is 1. The quantitative estimate of drug-likeness (QED) is 0.806. The Balaban J connectivity index is 0.000000181. The highest BCUT2D eigenvalue weighted by Gasteiger charge is 2.02. The van der Waals surface area contributed by atoms with Gasteiger partial charge in [0.05, 0.1) is 18.8 Å². The molecule has 1 aromatic carbocycles. The van der Waals surface area contributed by atoms with Crippen molar-refractivity contribution in [1.29, 1.82) is 0 Å². The fraction of sp³-hybridized carbons (Fsp3) is 0.364. The van der Waals surface area contributed by atoms with Crippen LogP contribution in [0.15, 0.2) is 28.7 Å². The summed E-state index contributed by atoms with van der Waals surface area (Å²) in [6.45, 7) is 1.56. The zero-order valence-corrected chi connectivity index (χ0v) is 10.4. The van der Waals surface area contributed by atoms with Gasteiger partial charge in [-0.2, -0.15) is 0 Å². The molecule has 0 saturated carbocycles. The van der Waals surface area contributed by atoms with Crippen LogP contribution in [-0.4, -0.2) is 19.1 Å². The lowest BCUT2D eigenvalue weighted by Gasteiger charge is -2.07. The molecule has 16 heavy (non-hydrogen) atoms. The summed E-state index contributed by atoms with van der Waals surface area (Å²) in [7, 11) is 0. The van der Waals surface area contributed by atoms with E-state index in [2.05, 4.69) is 25.7 Å². The highest BCUT2D eigenvalue weighted by Crippen LogP contribution is 2.14. The Labute approximate surface area is 103 Å². The molecule has 0 spiro atoms. The monoisotopic (exact) mass is 287 g/mol. The first-order chi connectivity index (χ1) is 7.72. The first kappa shape index (κ1) is 13.2. The lowest BCUT2D eigenvalue weighted by molar-refractivity contribution is -0.312. The standard InChI is InChI=1S/C7H6BrNO.C4H8O2/c8-6-4-2-1-3-5(6)7(9)10;1-2-4-6-5-3-1/h1-4H,(H2,9,10);1-4H2. The Morgan fingerprint density at radius 3 is 2.06 bits per heavy atom. The summed E-state index contributed by atoms with van der Waals surface area (Å²) in [5.74, 6) is -0.410. The summed E-state index contributed by atoms with van der Waals surface area (Å²) in [6.07, 6.45) is 2.31. The van der Waals surface area contributed by atoms with Crippen LogP contribution in [0.1, 0.15) is 23.2 Å². The SMILES string of the molecule is C1CCOOC1.NC(=O)c1ccccc1Br. The molecule has 1 aromatic rings. The van der Waals surface area contributed by atoms with Gasteiger partial charge in [0.25, 0.3) is 0 Å². The summed E-state index contributed by atoms with van der Waals surface area (Å²) in [5, 5.41) is 0. The van der Waals surface area contributed by atoms with Gasteiger partial charge in [0.1, 0.15) is 0 Å². The number of nitrogens with two attached hydrogens (primary N) is 1. The summed E-state index contributed by atoms with van der Waals surface area (Å²) in [5.41, 5.74) is 5.56. The second-order valence-corrected chi connectivity index (χ2v) is 4.05. The third-order valence-electron chi connectivity index (χ3n) is 1.93. The minimum atomic E-state index is -0.410. The molecule has 2 N–H and O–H groups in total. The molecule has 0 atom stereocenters. The summed E-state index contributed by atoms with van der Waals surface area (Å²) >= 11 is 3.20. The lowest BCUT2D eigenvalue weighted by atomic mass is 10.2. The van der Waals surface area contributed by atoms with Crippen molar-refractivity contribution in [2.75, 3.05) is 13.2 Å². The van der Waals surface area contributed by atoms with Gasteiger partial charge in [-0.3, -0.25) is 4.79 Å². The lowest BCUT2D eigenvalue weighted by Crippen LogP contribution is -2.11. The van der Waals surface area contributed by atoms with Crippen LogP contribution in [-0.2, 0) is 9.78 Å². The maximum absolute atomic E-state index is 10.6. The highest BCUT2D eigenvalue weighted by atomic mass is 79.9. The van der Waals surface area contributed by atoms with Gasteiger partial charge in [-0.05, 0) is 40.9 Å². The van der Waals surface area contributed by atoms with Gasteiger partial charge in [0.2, 0.25) is 5.91 Å². The number of carbonyl (C=O) groups excluding carboxylic acids is 1. The van der Waals surface area contributed by atoms with Crippen molar-refractivity contribution in [1.82, 2.24) is 0 Å². The highest BCUT2D eigenvalue weighted by molar-refractivity contribution is 9.10. The van der Waals surface area contributed by atoms with Crippen molar-refractivity contribution < 1.29 is 14.6 Å². The van der Waals surface area contributed by atoms with Crippen molar-refractivity contribution in [2.45, 2.75) is 12.8 Å². The van der Waals surface area contributed by atoms with Gasteiger partial charge >= 0.3 is 0 Å². The summed E-state index contributed by atoms with van der Waals surface area (Å²) in [4.78, 5) is 19.8. The second kappa shape index (κ2) is 7.38. The third kappa shape index (κ3) is 4.74. The van der Waals surface area contributed by atoms with E-state index in [4.69, 9.17) is 5.73 Å². The summed E-state index contributed by atoms with van der Waals surface area (Å²) < 4.78 is 0.738. The minimum Gasteiger partial charge on any atom is -0.366 e. The van der Waals surface area contributed by atoms with Gasteiger partial charge in [-0.15, -0.1) is 0 Å². The number of carbonyl (C=O) groups is 1. The van der Waals surface area contributed by atoms with Crippen LogP contribution in [0.4, 0.5) is 0 Å². The Kier molecular flexibility index (Phi) is 6.07. The van der Waals surface area contributed by atoms with Gasteiger partial charge < -0.3 is 5.73 Å². The molecule has 1 amide bonds. The molecule has 4 nitrogen and oxygen atoms in total. The third-order valence-corrected chi connectivity index (χ3v) is 2.62. The van der Waals surface area contributed by atoms with Crippen LogP contribution in [0.25, 0.3) is 0 Å². The van der Waals surface area contributed by atoms with Crippen molar-refractivity contribution in [3.8, 4) is 0 Å². The molecule has 0 aromatic heterocycles. The molecule has 1 fully saturated rings. The molecule has 2 rings (SSSR count). The first-order valence-electron chi connectivity index (χ1n) is 5.00. The molecule has 0 bridgehead atoms. The Morgan fingerprint density at radius 1 is 1.19 bits per heavy atom. The smallest absolute Gasteiger partial charge is 0.249 e. The van der Waals surface area contributed by atoms with Crippen LogP contribution >= 0.6 is 15.9 Å². The van der Waals surface area contributed by atoms with Gasteiger partial charge in [0, 0.05) is 4.47 Å². The molecular formula is C11H14BrNO3. The van der Waals surface area contributed by atoms with Crippen molar-refractivity contribution in [2.24, 2.45) is 5.73 Å². The Bertz CT molecular complexity index is 328. The molecule has 1 aliphatic rings. The molecule has 88 valence electrons. The van der Waals surface area contributed by atoms with Crippen LogP contribution in [0.5, 0.6) is 0 Å². The Hall–Kier alpha value is -0.910. The average Bonchev–Trinajstić information content (AvgIpc) is 2.32. The second-order valence-electron chi connectivity index (χ2n) is 3.20. The van der Waals surface area contributed by atoms with Crippen LogP contribution in [0.2, 0.25) is 0 Å². The topological polar surface area (TPSA) is 61.6 Å². The van der Waals surface area contributed by atoms with E-state index < -0.39 is 5.91 Å². The van der Waals surface area contributed by atoms with E-state index >= 15 is 0 Å². The van der Waals surface area contributed by atoms with Crippen molar-refractivity contribution >= 4 is 21.8 Å². The van der Waals surface area contributed by atoms with Gasteiger partial charge in [-0.1, -0.05) is 12.1 Å². The maximum atomic E-state index is 10.6. The molecule has 0 aliphatic carbocycles. The Morgan fingerprint density at radius 2 is 1.75 bits per heavy atom. The largest absolute Gasteiger partial charge is 0.366 e. The normalized spacial score (nSPS) is 14.8. The predicted octanol–water partition coefficient (Wildman–Crippen LogP) is 2.28. The molecule has 0 unspecified atom stereocenters. The van der Waals surface area contributed by atoms with Crippen molar-refractivity contribution in [3.63, 3.8) is 0 Å². The first-order valence-corrected chi connectivity index (χ1v) is 5.80. The number of halogens is 1. The van der Waals surface area contributed by atoms with E-state index in [1.807, 2.05) is 6.07 Å². The van der Waals surface area contributed by atoms with E-state index in [0.717, 1.165) is 30.5 Å². The van der Waals surface area contributed by atoms with E-state index in [1.54, 1.807) is 18.2 Å². The van der Waals surface area contributed by atoms with Crippen LogP contribution < -0.4 is 5.73 Å².